The molecule has 0 amide bonds. The molecule has 2 heterocycles. The predicted molar refractivity (Wildman–Crippen MR) is 121 cm³/mol. The van der Waals surface area contributed by atoms with E-state index in [4.69, 9.17) is 16.3 Å². The average Bonchev–Trinajstić information content (AvgIpc) is 3.12. The SMILES string of the molecule is CCOC(=O)c1[nH]n(-c2ccc(Cl)cc2)c(=O)c1C1=Nc2cccc3cccc(c23)N1. The van der Waals surface area contributed by atoms with Crippen LogP contribution in [0.3, 0.4) is 0 Å². The van der Waals surface area contributed by atoms with Crippen molar-refractivity contribution in [3.8, 4) is 5.69 Å². The van der Waals surface area contributed by atoms with Gasteiger partial charge in [0.15, 0.2) is 5.69 Å². The highest BCUT2D eigenvalue weighted by Crippen LogP contribution is 2.36. The number of hydrogen-bond acceptors (Lipinski definition) is 5. The summed E-state index contributed by atoms with van der Waals surface area (Å²) < 4.78 is 6.46. The number of hydrogen-bond donors (Lipinski definition) is 2. The largest absolute Gasteiger partial charge is 0.461 e. The predicted octanol–water partition coefficient (Wildman–Crippen LogP) is 4.65. The van der Waals surface area contributed by atoms with Gasteiger partial charge < -0.3 is 10.1 Å². The number of benzene rings is 3. The van der Waals surface area contributed by atoms with Crippen LogP contribution >= 0.6 is 11.6 Å². The molecule has 0 fully saturated rings. The van der Waals surface area contributed by atoms with Crippen molar-refractivity contribution in [2.45, 2.75) is 6.92 Å². The summed E-state index contributed by atoms with van der Waals surface area (Å²) in [6, 6.07) is 18.3. The number of aromatic nitrogens is 2. The molecule has 1 aliphatic heterocycles. The van der Waals surface area contributed by atoms with Gasteiger partial charge in [-0.2, -0.15) is 0 Å². The van der Waals surface area contributed by atoms with Gasteiger partial charge in [0.25, 0.3) is 5.56 Å². The van der Waals surface area contributed by atoms with Crippen molar-refractivity contribution >= 4 is 45.6 Å². The topological polar surface area (TPSA) is 88.5 Å². The monoisotopic (exact) mass is 432 g/mol. The third-order valence-corrected chi connectivity index (χ3v) is 5.31. The summed E-state index contributed by atoms with van der Waals surface area (Å²) in [5.74, 6) is -0.355. The third kappa shape index (κ3) is 3.19. The standard InChI is InChI=1S/C23H17ClN4O3/c1-2-31-23(30)20-19(22(29)28(27-20)15-11-9-14(24)10-12-15)21-25-16-7-3-5-13-6-4-8-17(26-21)18(13)16/h3-12,27H,2H2,1H3,(H,25,26). The van der Waals surface area contributed by atoms with Crippen LogP contribution in [0.2, 0.25) is 5.02 Å². The van der Waals surface area contributed by atoms with Crippen LogP contribution in [0.15, 0.2) is 70.5 Å². The second kappa shape index (κ2) is 7.45. The second-order valence-electron chi connectivity index (χ2n) is 6.97. The maximum absolute atomic E-state index is 13.4. The lowest BCUT2D eigenvalue weighted by molar-refractivity contribution is 0.0518. The molecule has 7 nitrogen and oxygen atoms in total. The molecule has 0 atom stereocenters. The highest BCUT2D eigenvalue weighted by atomic mass is 35.5. The summed E-state index contributed by atoms with van der Waals surface area (Å²) >= 11 is 5.97. The van der Waals surface area contributed by atoms with E-state index in [0.29, 0.717) is 10.7 Å². The van der Waals surface area contributed by atoms with Crippen LogP contribution in [0.25, 0.3) is 16.5 Å². The highest BCUT2D eigenvalue weighted by molar-refractivity contribution is 6.30. The van der Waals surface area contributed by atoms with Crippen molar-refractivity contribution < 1.29 is 9.53 Å². The zero-order valence-corrected chi connectivity index (χ0v) is 17.2. The van der Waals surface area contributed by atoms with E-state index in [1.165, 1.54) is 4.68 Å². The van der Waals surface area contributed by atoms with Gasteiger partial charge in [-0.05, 0) is 48.7 Å². The van der Waals surface area contributed by atoms with Crippen LogP contribution < -0.4 is 10.9 Å². The van der Waals surface area contributed by atoms with Crippen molar-refractivity contribution in [3.63, 3.8) is 0 Å². The van der Waals surface area contributed by atoms with E-state index in [-0.39, 0.29) is 23.7 Å². The normalized spacial score (nSPS) is 12.4. The van der Waals surface area contributed by atoms with Gasteiger partial charge in [-0.25, -0.2) is 14.5 Å². The Morgan fingerprint density at radius 2 is 1.84 bits per heavy atom. The summed E-state index contributed by atoms with van der Waals surface area (Å²) in [6.45, 7) is 1.88. The minimum Gasteiger partial charge on any atom is -0.461 e. The molecule has 5 rings (SSSR count). The first-order valence-corrected chi connectivity index (χ1v) is 10.1. The molecule has 0 radical (unpaired) electrons. The van der Waals surface area contributed by atoms with E-state index >= 15 is 0 Å². The molecule has 0 spiro atoms. The maximum atomic E-state index is 13.4. The van der Waals surface area contributed by atoms with E-state index in [2.05, 4.69) is 15.4 Å². The minimum atomic E-state index is -0.635. The van der Waals surface area contributed by atoms with Gasteiger partial charge in [0.2, 0.25) is 0 Å². The number of amidine groups is 1. The Balaban J connectivity index is 1.72. The number of anilines is 1. The van der Waals surface area contributed by atoms with Gasteiger partial charge in [0, 0.05) is 16.1 Å². The highest BCUT2D eigenvalue weighted by Gasteiger charge is 2.28. The Kier molecular flexibility index (Phi) is 4.60. The van der Waals surface area contributed by atoms with Gasteiger partial charge >= 0.3 is 5.97 Å². The molecule has 0 bridgehead atoms. The molecule has 2 N–H and O–H groups in total. The Morgan fingerprint density at radius 1 is 1.10 bits per heavy atom. The smallest absolute Gasteiger partial charge is 0.357 e. The number of ether oxygens (including phenoxy) is 1. The first-order chi connectivity index (χ1) is 15.1. The lowest BCUT2D eigenvalue weighted by Gasteiger charge is -2.18. The number of H-pyrrole nitrogens is 1. The lowest BCUT2D eigenvalue weighted by atomic mass is 10.0. The van der Waals surface area contributed by atoms with Gasteiger partial charge in [-0.15, -0.1) is 0 Å². The van der Waals surface area contributed by atoms with Crippen LogP contribution in [-0.4, -0.2) is 28.2 Å². The Morgan fingerprint density at radius 3 is 2.58 bits per heavy atom. The number of aromatic amines is 1. The fraction of sp³-hybridized carbons (Fsp3) is 0.0870. The minimum absolute atomic E-state index is 0.0274. The molecular formula is C23H17ClN4O3. The van der Waals surface area contributed by atoms with Crippen molar-refractivity contribution in [2.24, 2.45) is 4.99 Å². The van der Waals surface area contributed by atoms with Crippen molar-refractivity contribution in [1.82, 2.24) is 9.78 Å². The van der Waals surface area contributed by atoms with Crippen LogP contribution in [-0.2, 0) is 4.74 Å². The summed E-state index contributed by atoms with van der Waals surface area (Å²) in [5.41, 5.74) is 1.77. The van der Waals surface area contributed by atoms with Crippen molar-refractivity contribution in [3.05, 3.63) is 87.3 Å². The number of carbonyl (C=O) groups is 1. The fourth-order valence-corrected chi connectivity index (χ4v) is 3.82. The van der Waals surface area contributed by atoms with Crippen LogP contribution in [0, 0.1) is 0 Å². The fourth-order valence-electron chi connectivity index (χ4n) is 3.69. The number of rotatable bonds is 4. The molecular weight excluding hydrogens is 416 g/mol. The van der Waals surface area contributed by atoms with Gasteiger partial charge in [-0.1, -0.05) is 35.9 Å². The molecule has 0 saturated heterocycles. The number of carbonyl (C=O) groups excluding carboxylic acids is 1. The zero-order valence-electron chi connectivity index (χ0n) is 16.5. The van der Waals surface area contributed by atoms with E-state index < -0.39 is 11.5 Å². The van der Waals surface area contributed by atoms with Gasteiger partial charge in [-0.3, -0.25) is 9.89 Å². The first-order valence-electron chi connectivity index (χ1n) is 9.72. The lowest BCUT2D eigenvalue weighted by Crippen LogP contribution is -2.27. The van der Waals surface area contributed by atoms with E-state index in [1.54, 1.807) is 31.2 Å². The molecule has 4 aromatic rings. The number of aliphatic imine (C=N–C) groups is 1. The van der Waals surface area contributed by atoms with E-state index in [0.717, 1.165) is 22.1 Å². The number of esters is 1. The molecule has 1 aromatic heterocycles. The molecule has 1 aliphatic rings. The summed E-state index contributed by atoms with van der Waals surface area (Å²) in [4.78, 5) is 30.8. The van der Waals surface area contributed by atoms with E-state index in [1.807, 2.05) is 36.4 Å². The molecule has 3 aromatic carbocycles. The van der Waals surface area contributed by atoms with Crippen molar-refractivity contribution in [1.29, 1.82) is 0 Å². The van der Waals surface area contributed by atoms with Gasteiger partial charge in [0.05, 0.1) is 18.0 Å². The van der Waals surface area contributed by atoms with Crippen LogP contribution in [0.5, 0.6) is 0 Å². The zero-order chi connectivity index (χ0) is 21.5. The Bertz CT molecular complexity index is 1410. The first kappa shape index (κ1) is 19.1. The average molecular weight is 433 g/mol. The van der Waals surface area contributed by atoms with Crippen molar-refractivity contribution in [2.75, 3.05) is 11.9 Å². The quantitative estimate of drug-likeness (QED) is 0.459. The summed E-state index contributed by atoms with van der Waals surface area (Å²) in [6.07, 6.45) is 0. The molecule has 8 heteroatoms. The number of nitrogens with one attached hydrogen (secondary N) is 2. The second-order valence-corrected chi connectivity index (χ2v) is 7.40. The molecule has 0 aliphatic carbocycles. The van der Waals surface area contributed by atoms with Gasteiger partial charge in [0.1, 0.15) is 11.4 Å². The molecule has 31 heavy (non-hydrogen) atoms. The number of halogens is 1. The Labute approximate surface area is 181 Å². The molecule has 0 saturated carbocycles. The van der Waals surface area contributed by atoms with Crippen LogP contribution in [0.4, 0.5) is 11.4 Å². The molecule has 154 valence electrons. The molecule has 0 unspecified atom stereocenters. The summed E-state index contributed by atoms with van der Waals surface area (Å²) in [7, 11) is 0. The maximum Gasteiger partial charge on any atom is 0.357 e. The summed E-state index contributed by atoms with van der Waals surface area (Å²) in [5, 5.41) is 8.63. The van der Waals surface area contributed by atoms with Crippen LogP contribution in [0.1, 0.15) is 23.0 Å². The number of nitrogens with zero attached hydrogens (tertiary/aromatic N) is 2. The van der Waals surface area contributed by atoms with E-state index in [9.17, 15) is 9.59 Å². The Hall–Kier alpha value is -3.84. The third-order valence-electron chi connectivity index (χ3n) is 5.06.